The summed E-state index contributed by atoms with van der Waals surface area (Å²) in [7, 11) is -1.80. The van der Waals surface area contributed by atoms with Crippen LogP contribution >= 0.6 is 0 Å². The zero-order valence-electron chi connectivity index (χ0n) is 19.0. The van der Waals surface area contributed by atoms with E-state index in [1.165, 1.54) is 0 Å². The first-order chi connectivity index (χ1) is 14.0. The highest BCUT2D eigenvalue weighted by Crippen LogP contribution is 2.15. The summed E-state index contributed by atoms with van der Waals surface area (Å²) in [5.74, 6) is 0.00566. The Kier molecular flexibility index (Phi) is 8.31. The van der Waals surface area contributed by atoms with Crippen LogP contribution in [0.15, 0.2) is 48.5 Å². The fraction of sp³-hybridized carbons (Fsp3) is 0.391. The molecular formula is C23H34N2O3Si2. The van der Waals surface area contributed by atoms with Crippen molar-refractivity contribution in [3.8, 4) is 0 Å². The number of Topliss-reactive ketones (excluding diaryl/α,β-unsaturated/α-hetero) is 1. The van der Waals surface area contributed by atoms with Crippen molar-refractivity contribution in [2.24, 2.45) is 0 Å². The molecule has 2 aromatic carbocycles. The van der Waals surface area contributed by atoms with Crippen LogP contribution in [0.2, 0.25) is 26.2 Å². The molecule has 30 heavy (non-hydrogen) atoms. The second kappa shape index (κ2) is 10.3. The van der Waals surface area contributed by atoms with Crippen LogP contribution in [-0.4, -0.2) is 47.7 Å². The fourth-order valence-corrected chi connectivity index (χ4v) is 11.5. The van der Waals surface area contributed by atoms with Crippen molar-refractivity contribution in [1.29, 1.82) is 0 Å². The minimum atomic E-state index is -1.98. The van der Waals surface area contributed by atoms with Crippen molar-refractivity contribution in [2.75, 3.05) is 19.4 Å². The first-order valence-corrected chi connectivity index (χ1v) is 16.6. The lowest BCUT2D eigenvalue weighted by Crippen LogP contribution is -2.55. The van der Waals surface area contributed by atoms with Gasteiger partial charge < -0.3 is 14.7 Å². The molecule has 0 saturated heterocycles. The Hall–Kier alpha value is -2.07. The van der Waals surface area contributed by atoms with Crippen molar-refractivity contribution < 1.29 is 13.7 Å². The molecule has 0 fully saturated rings. The lowest BCUT2D eigenvalue weighted by Gasteiger charge is -2.34. The Morgan fingerprint density at radius 2 is 1.27 bits per heavy atom. The van der Waals surface area contributed by atoms with Gasteiger partial charge in [0.2, 0.25) is 0 Å². The monoisotopic (exact) mass is 442 g/mol. The first-order valence-electron chi connectivity index (χ1n) is 10.3. The second-order valence-corrected chi connectivity index (χ2v) is 17.5. The first kappa shape index (κ1) is 24.2. The molecule has 0 heterocycles. The van der Waals surface area contributed by atoms with Crippen molar-refractivity contribution >= 4 is 28.3 Å². The molecule has 2 N–H and O–H groups in total. The van der Waals surface area contributed by atoms with Gasteiger partial charge in [-0.15, -0.1) is 0 Å². The van der Waals surface area contributed by atoms with E-state index in [2.05, 4.69) is 36.8 Å². The molecule has 0 spiro atoms. The maximum Gasteiger partial charge on any atom is 0.251 e. The third-order valence-electron chi connectivity index (χ3n) is 4.81. The number of nitrogens with one attached hydrogen (secondary N) is 2. The number of hydrogen-bond donors (Lipinski definition) is 2. The van der Waals surface area contributed by atoms with Crippen LogP contribution in [0.1, 0.15) is 38.8 Å². The van der Waals surface area contributed by atoms with Crippen molar-refractivity contribution in [2.45, 2.75) is 39.5 Å². The number of rotatable bonds is 10. The average Bonchev–Trinajstić information content (AvgIpc) is 2.66. The third-order valence-corrected chi connectivity index (χ3v) is 11.5. The zero-order valence-corrected chi connectivity index (χ0v) is 21.0. The van der Waals surface area contributed by atoms with Crippen molar-refractivity contribution in [3.63, 3.8) is 0 Å². The number of hydrogen-bond acceptors (Lipinski definition) is 4. The minimum absolute atomic E-state index is 0.0652. The van der Waals surface area contributed by atoms with Gasteiger partial charge in [-0.05, 0) is 69.8 Å². The summed E-state index contributed by atoms with van der Waals surface area (Å²) < 4.78 is 6.44. The average molecular weight is 443 g/mol. The molecule has 0 aromatic heterocycles. The highest BCUT2D eigenvalue weighted by Gasteiger charge is 2.32. The van der Waals surface area contributed by atoms with E-state index in [1.54, 1.807) is 6.92 Å². The van der Waals surface area contributed by atoms with E-state index < -0.39 is 16.6 Å². The molecule has 162 valence electrons. The van der Waals surface area contributed by atoms with Gasteiger partial charge in [0.05, 0.1) is 0 Å². The van der Waals surface area contributed by atoms with E-state index in [9.17, 15) is 9.59 Å². The van der Waals surface area contributed by atoms with E-state index in [-0.39, 0.29) is 11.7 Å². The fourth-order valence-electron chi connectivity index (χ4n) is 3.51. The van der Waals surface area contributed by atoms with Crippen LogP contribution in [0, 0.1) is 0 Å². The Morgan fingerprint density at radius 3 is 1.73 bits per heavy atom. The van der Waals surface area contributed by atoms with Gasteiger partial charge >= 0.3 is 0 Å². The maximum absolute atomic E-state index is 12.6. The van der Waals surface area contributed by atoms with E-state index >= 15 is 0 Å². The smallest absolute Gasteiger partial charge is 0.251 e. The molecule has 0 atom stereocenters. The van der Waals surface area contributed by atoms with E-state index in [0.717, 1.165) is 29.3 Å². The SMILES string of the molecule is CNC[Si](C)(C)O[Si](C)(C)CNC(=O)c1ccc(Cc2ccc(C(C)=O)cc2)cc1. The van der Waals surface area contributed by atoms with Gasteiger partial charge in [0, 0.05) is 23.5 Å². The largest absolute Gasteiger partial charge is 0.453 e. The topological polar surface area (TPSA) is 67.4 Å². The molecule has 0 bridgehead atoms. The molecule has 0 aliphatic heterocycles. The van der Waals surface area contributed by atoms with Crippen molar-refractivity contribution in [1.82, 2.24) is 10.6 Å². The Bertz CT molecular complexity index is 863. The summed E-state index contributed by atoms with van der Waals surface area (Å²) in [6.45, 7) is 10.3. The molecule has 2 rings (SSSR count). The number of carbonyl (C=O) groups is 2. The minimum Gasteiger partial charge on any atom is -0.453 e. The van der Waals surface area contributed by atoms with Gasteiger partial charge in [-0.25, -0.2) is 0 Å². The summed E-state index contributed by atoms with van der Waals surface area (Å²) in [5, 5.41) is 6.27. The molecule has 0 aliphatic rings. The molecule has 7 heteroatoms. The molecule has 0 saturated carbocycles. The standard InChI is InChI=1S/C23H34N2O3Si2/c1-18(26)21-11-7-19(8-12-21)15-20-9-13-22(14-10-20)23(27)25-17-30(5,6)28-29(3,4)16-24-2/h7-14,24H,15-17H2,1-6H3,(H,25,27). The van der Waals surface area contributed by atoms with Gasteiger partial charge in [0.1, 0.15) is 0 Å². The van der Waals surface area contributed by atoms with Crippen LogP contribution in [0.5, 0.6) is 0 Å². The Labute approximate surface area is 182 Å². The summed E-state index contributed by atoms with van der Waals surface area (Å²) in [5.41, 5.74) is 3.64. The molecule has 0 unspecified atom stereocenters. The normalized spacial score (nSPS) is 11.9. The summed E-state index contributed by atoms with van der Waals surface area (Å²) in [6.07, 6.45) is 2.26. The lowest BCUT2D eigenvalue weighted by molar-refractivity contribution is 0.0957. The van der Waals surface area contributed by atoms with E-state index in [4.69, 9.17) is 4.12 Å². The maximum atomic E-state index is 12.6. The van der Waals surface area contributed by atoms with Gasteiger partial charge in [-0.3, -0.25) is 9.59 Å². The molecule has 2 aromatic rings. The highest BCUT2D eigenvalue weighted by molar-refractivity contribution is 6.85. The van der Waals surface area contributed by atoms with Crippen LogP contribution in [0.25, 0.3) is 0 Å². The summed E-state index contributed by atoms with van der Waals surface area (Å²) >= 11 is 0. The molecule has 0 radical (unpaired) electrons. The van der Waals surface area contributed by atoms with Crippen LogP contribution in [0.4, 0.5) is 0 Å². The Balaban J connectivity index is 1.92. The van der Waals surface area contributed by atoms with E-state index in [1.807, 2.05) is 55.6 Å². The highest BCUT2D eigenvalue weighted by atomic mass is 28.4. The van der Waals surface area contributed by atoms with Crippen LogP contribution < -0.4 is 10.6 Å². The second-order valence-electron chi connectivity index (χ2n) is 8.96. The quantitative estimate of drug-likeness (QED) is 0.432. The number of ketones is 1. The lowest BCUT2D eigenvalue weighted by atomic mass is 10.0. The molecule has 1 amide bonds. The van der Waals surface area contributed by atoms with Gasteiger partial charge in [-0.1, -0.05) is 36.4 Å². The number of carbonyl (C=O) groups excluding carboxylic acids is 2. The van der Waals surface area contributed by atoms with Gasteiger partial charge in [0.25, 0.3) is 5.91 Å². The van der Waals surface area contributed by atoms with Gasteiger partial charge in [-0.2, -0.15) is 0 Å². The molecule has 0 aliphatic carbocycles. The predicted octanol–water partition coefficient (Wildman–Crippen LogP) is 3.93. The third kappa shape index (κ3) is 7.64. The Morgan fingerprint density at radius 1 is 0.800 bits per heavy atom. The van der Waals surface area contributed by atoms with Crippen LogP contribution in [0.3, 0.4) is 0 Å². The van der Waals surface area contributed by atoms with Crippen molar-refractivity contribution in [3.05, 3.63) is 70.8 Å². The van der Waals surface area contributed by atoms with Gasteiger partial charge in [0.15, 0.2) is 22.4 Å². The van der Waals surface area contributed by atoms with E-state index in [0.29, 0.717) is 11.7 Å². The van der Waals surface area contributed by atoms with Crippen LogP contribution in [-0.2, 0) is 10.5 Å². The number of amides is 1. The molecular weight excluding hydrogens is 408 g/mol. The zero-order chi connectivity index (χ0) is 22.4. The molecule has 5 nitrogen and oxygen atoms in total. The predicted molar refractivity (Wildman–Crippen MR) is 128 cm³/mol. The summed E-state index contributed by atoms with van der Waals surface area (Å²) in [4.78, 5) is 24.0. The number of benzene rings is 2. The summed E-state index contributed by atoms with van der Waals surface area (Å²) in [6, 6.07) is 15.4.